The zero-order valence-corrected chi connectivity index (χ0v) is 10.9. The van der Waals surface area contributed by atoms with E-state index in [9.17, 15) is 4.79 Å². The largest absolute Gasteiger partial charge is 0.460 e. The maximum atomic E-state index is 11.6. The van der Waals surface area contributed by atoms with Crippen molar-refractivity contribution in [1.82, 2.24) is 0 Å². The fourth-order valence-electron chi connectivity index (χ4n) is 1.18. The minimum atomic E-state index is -0.452. The van der Waals surface area contributed by atoms with Crippen LogP contribution in [0.3, 0.4) is 0 Å². The molecule has 0 aliphatic rings. The molecule has 0 spiro atoms. The van der Waals surface area contributed by atoms with Gasteiger partial charge in [-0.1, -0.05) is 11.6 Å². The van der Waals surface area contributed by atoms with Crippen LogP contribution in [0.25, 0.3) is 0 Å². The van der Waals surface area contributed by atoms with Gasteiger partial charge in [-0.25, -0.2) is 4.79 Å². The highest BCUT2D eigenvalue weighted by Crippen LogP contribution is 2.19. The van der Waals surface area contributed by atoms with Gasteiger partial charge in [-0.05, 0) is 18.2 Å². The van der Waals surface area contributed by atoms with E-state index in [0.717, 1.165) is 0 Å². The van der Waals surface area contributed by atoms with Gasteiger partial charge in [-0.15, -0.1) is 0 Å². The van der Waals surface area contributed by atoms with Gasteiger partial charge in [0.2, 0.25) is 0 Å². The van der Waals surface area contributed by atoms with Crippen LogP contribution in [0.2, 0.25) is 5.02 Å². The Labute approximate surface area is 111 Å². The van der Waals surface area contributed by atoms with Crippen molar-refractivity contribution >= 4 is 23.3 Å². The van der Waals surface area contributed by atoms with E-state index in [0.29, 0.717) is 36.1 Å². The SMILES string of the molecule is COCCOCCOC(=O)c1ccc(N)c(Cl)c1. The van der Waals surface area contributed by atoms with E-state index in [-0.39, 0.29) is 6.61 Å². The molecule has 0 saturated carbocycles. The number of carbonyl (C=O) groups is 1. The Bertz CT molecular complexity index is 398. The highest BCUT2D eigenvalue weighted by Gasteiger charge is 2.08. The lowest BCUT2D eigenvalue weighted by Crippen LogP contribution is -2.12. The maximum absolute atomic E-state index is 11.6. The highest BCUT2D eigenvalue weighted by atomic mass is 35.5. The number of rotatable bonds is 7. The van der Waals surface area contributed by atoms with Crippen LogP contribution in [-0.4, -0.2) is 39.5 Å². The number of anilines is 1. The molecule has 0 radical (unpaired) electrons. The Hall–Kier alpha value is -1.30. The Kier molecular flexibility index (Phi) is 6.49. The van der Waals surface area contributed by atoms with Gasteiger partial charge < -0.3 is 19.9 Å². The van der Waals surface area contributed by atoms with Crippen LogP contribution in [0, 0.1) is 0 Å². The first kappa shape index (κ1) is 14.8. The van der Waals surface area contributed by atoms with Gasteiger partial charge in [0.25, 0.3) is 0 Å². The molecule has 1 aromatic carbocycles. The summed E-state index contributed by atoms with van der Waals surface area (Å²) in [6.45, 7) is 1.51. The van der Waals surface area contributed by atoms with E-state index in [4.69, 9.17) is 31.5 Å². The number of hydrogen-bond acceptors (Lipinski definition) is 5. The molecule has 5 nitrogen and oxygen atoms in total. The fraction of sp³-hybridized carbons (Fsp3) is 0.417. The van der Waals surface area contributed by atoms with Crippen LogP contribution in [0.4, 0.5) is 5.69 Å². The lowest BCUT2D eigenvalue weighted by molar-refractivity contribution is 0.0214. The molecule has 1 aromatic rings. The molecule has 0 aliphatic heterocycles. The molecule has 100 valence electrons. The fourth-order valence-corrected chi connectivity index (χ4v) is 1.36. The average Bonchev–Trinajstić information content (AvgIpc) is 2.36. The molecule has 0 atom stereocenters. The van der Waals surface area contributed by atoms with Gasteiger partial charge in [0, 0.05) is 7.11 Å². The first-order chi connectivity index (χ1) is 8.65. The summed E-state index contributed by atoms with van der Waals surface area (Å²) in [6, 6.07) is 4.61. The van der Waals surface area contributed by atoms with Gasteiger partial charge >= 0.3 is 5.97 Å². The number of methoxy groups -OCH3 is 1. The molecule has 0 bridgehead atoms. The number of nitrogen functional groups attached to an aromatic ring is 1. The summed E-state index contributed by atoms with van der Waals surface area (Å²) in [4.78, 5) is 11.6. The van der Waals surface area contributed by atoms with Crippen molar-refractivity contribution in [2.75, 3.05) is 39.3 Å². The van der Waals surface area contributed by atoms with Crippen molar-refractivity contribution in [2.24, 2.45) is 0 Å². The number of carbonyl (C=O) groups excluding carboxylic acids is 1. The van der Waals surface area contributed by atoms with Crippen molar-refractivity contribution in [1.29, 1.82) is 0 Å². The monoisotopic (exact) mass is 273 g/mol. The molecule has 0 aliphatic carbocycles. The van der Waals surface area contributed by atoms with Gasteiger partial charge in [-0.3, -0.25) is 0 Å². The number of nitrogens with two attached hydrogens (primary N) is 1. The number of benzene rings is 1. The van der Waals surface area contributed by atoms with E-state index in [1.807, 2.05) is 0 Å². The molecule has 1 rings (SSSR count). The molecule has 0 heterocycles. The van der Waals surface area contributed by atoms with E-state index >= 15 is 0 Å². The summed E-state index contributed by atoms with van der Waals surface area (Å²) in [5, 5.41) is 0.334. The Morgan fingerprint density at radius 1 is 1.28 bits per heavy atom. The normalized spacial score (nSPS) is 10.3. The van der Waals surface area contributed by atoms with E-state index < -0.39 is 5.97 Å². The Balaban J connectivity index is 2.30. The summed E-state index contributed by atoms with van der Waals surface area (Å²) in [5.41, 5.74) is 6.33. The van der Waals surface area contributed by atoms with Gasteiger partial charge in [-0.2, -0.15) is 0 Å². The minimum absolute atomic E-state index is 0.185. The van der Waals surface area contributed by atoms with Crippen molar-refractivity contribution in [3.8, 4) is 0 Å². The molecular weight excluding hydrogens is 258 g/mol. The van der Waals surface area contributed by atoms with E-state index in [1.165, 1.54) is 6.07 Å². The van der Waals surface area contributed by atoms with Crippen molar-refractivity contribution in [2.45, 2.75) is 0 Å². The van der Waals surface area contributed by atoms with Gasteiger partial charge in [0.1, 0.15) is 6.61 Å². The number of ether oxygens (including phenoxy) is 3. The molecule has 6 heteroatoms. The van der Waals surface area contributed by atoms with Crippen molar-refractivity contribution < 1.29 is 19.0 Å². The predicted octanol–water partition coefficient (Wildman–Crippen LogP) is 1.74. The molecule has 18 heavy (non-hydrogen) atoms. The Morgan fingerprint density at radius 2 is 2.00 bits per heavy atom. The smallest absolute Gasteiger partial charge is 0.338 e. The van der Waals surface area contributed by atoms with Crippen LogP contribution < -0.4 is 5.73 Å². The second kappa shape index (κ2) is 7.92. The third-order valence-corrected chi connectivity index (χ3v) is 2.46. The molecule has 0 unspecified atom stereocenters. The zero-order chi connectivity index (χ0) is 13.4. The van der Waals surface area contributed by atoms with E-state index in [2.05, 4.69) is 0 Å². The highest BCUT2D eigenvalue weighted by molar-refractivity contribution is 6.33. The first-order valence-electron chi connectivity index (χ1n) is 5.44. The van der Waals surface area contributed by atoms with Crippen LogP contribution in [0.1, 0.15) is 10.4 Å². The van der Waals surface area contributed by atoms with Gasteiger partial charge in [0.05, 0.1) is 36.1 Å². The average molecular weight is 274 g/mol. The quantitative estimate of drug-likeness (QED) is 0.465. The summed E-state index contributed by atoms with van der Waals surface area (Å²) < 4.78 is 15.0. The summed E-state index contributed by atoms with van der Waals surface area (Å²) in [6.07, 6.45) is 0. The van der Waals surface area contributed by atoms with Gasteiger partial charge in [0.15, 0.2) is 0 Å². The third-order valence-electron chi connectivity index (χ3n) is 2.13. The second-order valence-corrected chi connectivity index (χ2v) is 3.88. The molecular formula is C12H16ClNO4. The summed E-state index contributed by atoms with van der Waals surface area (Å²) in [7, 11) is 1.59. The minimum Gasteiger partial charge on any atom is -0.460 e. The summed E-state index contributed by atoms with van der Waals surface area (Å²) >= 11 is 5.81. The van der Waals surface area contributed by atoms with Crippen LogP contribution in [-0.2, 0) is 14.2 Å². The van der Waals surface area contributed by atoms with Crippen LogP contribution in [0.5, 0.6) is 0 Å². The van der Waals surface area contributed by atoms with Crippen molar-refractivity contribution in [3.63, 3.8) is 0 Å². The third kappa shape index (κ3) is 4.91. The lowest BCUT2D eigenvalue weighted by Gasteiger charge is -2.06. The van der Waals surface area contributed by atoms with Crippen LogP contribution in [0.15, 0.2) is 18.2 Å². The standard InChI is InChI=1S/C12H16ClNO4/c1-16-4-5-17-6-7-18-12(15)9-2-3-11(14)10(13)8-9/h2-3,8H,4-7,14H2,1H3. The molecule has 0 amide bonds. The summed E-state index contributed by atoms with van der Waals surface area (Å²) in [5.74, 6) is -0.452. The Morgan fingerprint density at radius 3 is 2.67 bits per heavy atom. The molecule has 2 N–H and O–H groups in total. The molecule has 0 saturated heterocycles. The first-order valence-corrected chi connectivity index (χ1v) is 5.81. The van der Waals surface area contributed by atoms with E-state index in [1.54, 1.807) is 19.2 Å². The predicted molar refractivity (Wildman–Crippen MR) is 68.8 cm³/mol. The number of halogens is 1. The second-order valence-electron chi connectivity index (χ2n) is 3.48. The lowest BCUT2D eigenvalue weighted by atomic mass is 10.2. The number of esters is 1. The molecule has 0 aromatic heterocycles. The zero-order valence-electron chi connectivity index (χ0n) is 10.1. The van der Waals surface area contributed by atoms with Crippen molar-refractivity contribution in [3.05, 3.63) is 28.8 Å². The number of hydrogen-bond donors (Lipinski definition) is 1. The van der Waals surface area contributed by atoms with Crippen LogP contribution >= 0.6 is 11.6 Å². The maximum Gasteiger partial charge on any atom is 0.338 e. The topological polar surface area (TPSA) is 70.8 Å². The molecule has 0 fully saturated rings.